The van der Waals surface area contributed by atoms with Crippen LogP contribution in [0.25, 0.3) is 0 Å². The van der Waals surface area contributed by atoms with Crippen molar-refractivity contribution in [2.75, 3.05) is 43.5 Å². The van der Waals surface area contributed by atoms with Crippen molar-refractivity contribution >= 4 is 17.3 Å². The van der Waals surface area contributed by atoms with Gasteiger partial charge >= 0.3 is 6.61 Å². The standard InChI is InChI=1S/C21H25F2N3O3/c1-15(20(27)24-16-7-9-17(10-8-16)29-21(22)23)25-11-13-26(14-12-25)18-5-3-4-6-19(18)28-2/h3-10,15,21H,11-14H2,1-2H3,(H,24,27). The van der Waals surface area contributed by atoms with Crippen molar-refractivity contribution in [3.05, 3.63) is 48.5 Å². The summed E-state index contributed by atoms with van der Waals surface area (Å²) in [4.78, 5) is 17.0. The second-order valence-electron chi connectivity index (χ2n) is 6.76. The fourth-order valence-corrected chi connectivity index (χ4v) is 3.37. The van der Waals surface area contributed by atoms with Crippen molar-refractivity contribution in [1.82, 2.24) is 4.90 Å². The van der Waals surface area contributed by atoms with E-state index in [-0.39, 0.29) is 17.7 Å². The van der Waals surface area contributed by atoms with Gasteiger partial charge in [0, 0.05) is 31.9 Å². The van der Waals surface area contributed by atoms with E-state index in [9.17, 15) is 13.6 Å². The molecule has 1 N–H and O–H groups in total. The molecule has 2 aromatic carbocycles. The second-order valence-corrected chi connectivity index (χ2v) is 6.76. The van der Waals surface area contributed by atoms with Crippen LogP contribution in [0, 0.1) is 0 Å². The summed E-state index contributed by atoms with van der Waals surface area (Å²) >= 11 is 0. The fourth-order valence-electron chi connectivity index (χ4n) is 3.37. The summed E-state index contributed by atoms with van der Waals surface area (Å²) < 4.78 is 34.2. The Morgan fingerprint density at radius 2 is 1.69 bits per heavy atom. The number of alkyl halides is 2. The minimum Gasteiger partial charge on any atom is -0.495 e. The van der Waals surface area contributed by atoms with E-state index in [0.717, 1.165) is 37.6 Å². The largest absolute Gasteiger partial charge is 0.495 e. The van der Waals surface area contributed by atoms with E-state index in [4.69, 9.17) is 4.74 Å². The van der Waals surface area contributed by atoms with Gasteiger partial charge in [0.25, 0.3) is 0 Å². The van der Waals surface area contributed by atoms with Crippen molar-refractivity contribution in [2.45, 2.75) is 19.6 Å². The molecule has 0 bridgehead atoms. The van der Waals surface area contributed by atoms with Crippen LogP contribution in [0.1, 0.15) is 6.92 Å². The topological polar surface area (TPSA) is 54.0 Å². The molecule has 0 spiro atoms. The molecule has 1 aliphatic rings. The molecule has 1 atom stereocenters. The van der Waals surface area contributed by atoms with E-state index < -0.39 is 6.61 Å². The van der Waals surface area contributed by atoms with E-state index in [0.29, 0.717) is 5.69 Å². The van der Waals surface area contributed by atoms with Crippen molar-refractivity contribution in [3.63, 3.8) is 0 Å². The molecule has 0 saturated carbocycles. The normalized spacial score (nSPS) is 15.8. The van der Waals surface area contributed by atoms with Crippen LogP contribution in [0.5, 0.6) is 11.5 Å². The first-order valence-corrected chi connectivity index (χ1v) is 9.45. The summed E-state index contributed by atoms with van der Waals surface area (Å²) in [5, 5.41) is 2.82. The molecule has 1 amide bonds. The Balaban J connectivity index is 1.53. The number of rotatable bonds is 7. The van der Waals surface area contributed by atoms with E-state index in [1.165, 1.54) is 12.1 Å². The Kier molecular flexibility index (Phi) is 6.87. The molecule has 1 unspecified atom stereocenters. The van der Waals surface area contributed by atoms with E-state index in [2.05, 4.69) is 19.9 Å². The number of para-hydroxylation sites is 2. The molecule has 29 heavy (non-hydrogen) atoms. The van der Waals surface area contributed by atoms with Crippen molar-refractivity contribution < 1.29 is 23.0 Å². The highest BCUT2D eigenvalue weighted by Crippen LogP contribution is 2.28. The number of halogens is 2. The lowest BCUT2D eigenvalue weighted by Gasteiger charge is -2.38. The van der Waals surface area contributed by atoms with Gasteiger partial charge in [0.1, 0.15) is 11.5 Å². The minimum absolute atomic E-state index is 0.0542. The number of nitrogens with zero attached hydrogens (tertiary/aromatic N) is 2. The lowest BCUT2D eigenvalue weighted by atomic mass is 10.2. The molecular weight excluding hydrogens is 380 g/mol. The number of hydrogen-bond donors (Lipinski definition) is 1. The summed E-state index contributed by atoms with van der Waals surface area (Å²) in [6, 6.07) is 13.5. The summed E-state index contributed by atoms with van der Waals surface area (Å²) in [5.74, 6) is 0.753. The Bertz CT molecular complexity index is 809. The summed E-state index contributed by atoms with van der Waals surface area (Å²) in [6.45, 7) is 2.06. The highest BCUT2D eigenvalue weighted by Gasteiger charge is 2.26. The van der Waals surface area contributed by atoms with Crippen LogP contribution in [-0.2, 0) is 4.79 Å². The molecule has 0 aliphatic carbocycles. The number of methoxy groups -OCH3 is 1. The maximum atomic E-state index is 12.6. The number of benzene rings is 2. The van der Waals surface area contributed by atoms with Crippen LogP contribution in [-0.4, -0.2) is 56.7 Å². The zero-order valence-corrected chi connectivity index (χ0v) is 16.5. The zero-order chi connectivity index (χ0) is 20.8. The summed E-state index contributed by atoms with van der Waals surface area (Å²) in [6.07, 6.45) is 0. The van der Waals surface area contributed by atoms with Crippen LogP contribution < -0.4 is 19.7 Å². The molecule has 0 aromatic heterocycles. The molecule has 1 saturated heterocycles. The highest BCUT2D eigenvalue weighted by molar-refractivity contribution is 5.94. The molecule has 156 valence electrons. The molecule has 8 heteroatoms. The number of amides is 1. The lowest BCUT2D eigenvalue weighted by Crippen LogP contribution is -2.52. The Morgan fingerprint density at radius 3 is 2.31 bits per heavy atom. The number of carbonyl (C=O) groups excluding carboxylic acids is 1. The maximum Gasteiger partial charge on any atom is 0.387 e. The molecule has 0 radical (unpaired) electrons. The first-order chi connectivity index (χ1) is 14.0. The Labute approximate surface area is 169 Å². The SMILES string of the molecule is COc1ccccc1N1CCN(C(C)C(=O)Nc2ccc(OC(F)F)cc2)CC1. The van der Waals surface area contributed by atoms with Crippen molar-refractivity contribution in [3.8, 4) is 11.5 Å². The molecule has 1 fully saturated rings. The van der Waals surface area contributed by atoms with Gasteiger partial charge in [0.2, 0.25) is 5.91 Å². The molecule has 1 aliphatic heterocycles. The van der Waals surface area contributed by atoms with Gasteiger partial charge in [0.15, 0.2) is 0 Å². The highest BCUT2D eigenvalue weighted by atomic mass is 19.3. The number of piperazine rings is 1. The van der Waals surface area contributed by atoms with E-state index in [1.54, 1.807) is 19.2 Å². The average Bonchev–Trinajstić information content (AvgIpc) is 2.74. The number of hydrogen-bond acceptors (Lipinski definition) is 5. The Hall–Kier alpha value is -2.87. The van der Waals surface area contributed by atoms with Gasteiger partial charge in [-0.05, 0) is 43.3 Å². The molecule has 6 nitrogen and oxygen atoms in total. The second kappa shape index (κ2) is 9.56. The third-order valence-electron chi connectivity index (χ3n) is 5.01. The fraction of sp³-hybridized carbons (Fsp3) is 0.381. The average molecular weight is 405 g/mol. The van der Waals surface area contributed by atoms with Gasteiger partial charge in [-0.3, -0.25) is 9.69 Å². The Morgan fingerprint density at radius 1 is 1.03 bits per heavy atom. The van der Waals surface area contributed by atoms with Crippen LogP contribution in [0.2, 0.25) is 0 Å². The quantitative estimate of drug-likeness (QED) is 0.765. The van der Waals surface area contributed by atoms with Gasteiger partial charge in [-0.15, -0.1) is 0 Å². The number of ether oxygens (including phenoxy) is 2. The predicted octanol–water partition coefficient (Wildman–Crippen LogP) is 3.45. The van der Waals surface area contributed by atoms with Gasteiger partial charge in [-0.1, -0.05) is 12.1 Å². The van der Waals surface area contributed by atoms with Crippen LogP contribution >= 0.6 is 0 Å². The third kappa shape index (κ3) is 5.35. The minimum atomic E-state index is -2.87. The summed E-state index contributed by atoms with van der Waals surface area (Å²) in [7, 11) is 1.66. The van der Waals surface area contributed by atoms with Gasteiger partial charge < -0.3 is 19.7 Å². The van der Waals surface area contributed by atoms with E-state index in [1.807, 2.05) is 31.2 Å². The first-order valence-electron chi connectivity index (χ1n) is 9.45. The number of nitrogens with one attached hydrogen (secondary N) is 1. The molecule has 1 heterocycles. The molecule has 2 aromatic rings. The monoisotopic (exact) mass is 405 g/mol. The molecule has 3 rings (SSSR count). The van der Waals surface area contributed by atoms with Gasteiger partial charge in [-0.2, -0.15) is 8.78 Å². The van der Waals surface area contributed by atoms with Crippen LogP contribution in [0.4, 0.5) is 20.2 Å². The van der Waals surface area contributed by atoms with Crippen LogP contribution in [0.15, 0.2) is 48.5 Å². The predicted molar refractivity (Wildman–Crippen MR) is 108 cm³/mol. The van der Waals surface area contributed by atoms with Gasteiger partial charge in [-0.25, -0.2) is 0 Å². The number of anilines is 2. The van der Waals surface area contributed by atoms with E-state index >= 15 is 0 Å². The first kappa shape index (κ1) is 20.9. The maximum absolute atomic E-state index is 12.6. The number of carbonyl (C=O) groups is 1. The molecular formula is C21H25F2N3O3. The summed E-state index contributed by atoms with van der Waals surface area (Å²) in [5.41, 5.74) is 1.59. The zero-order valence-electron chi connectivity index (χ0n) is 16.5. The lowest BCUT2D eigenvalue weighted by molar-refractivity contribution is -0.120. The smallest absolute Gasteiger partial charge is 0.387 e. The van der Waals surface area contributed by atoms with Crippen LogP contribution in [0.3, 0.4) is 0 Å². The third-order valence-corrected chi connectivity index (χ3v) is 5.01. The van der Waals surface area contributed by atoms with Crippen molar-refractivity contribution in [2.24, 2.45) is 0 Å². The van der Waals surface area contributed by atoms with Crippen molar-refractivity contribution in [1.29, 1.82) is 0 Å². The van der Waals surface area contributed by atoms with Gasteiger partial charge in [0.05, 0.1) is 18.8 Å².